The summed E-state index contributed by atoms with van der Waals surface area (Å²) < 4.78 is 32.4. The van der Waals surface area contributed by atoms with Crippen LogP contribution in [0.3, 0.4) is 0 Å². The zero-order chi connectivity index (χ0) is 23.6. The summed E-state index contributed by atoms with van der Waals surface area (Å²) in [5, 5.41) is -0.126. The number of hydrogen-bond acceptors (Lipinski definition) is 7. The molecular formula is C21H19ClFN3O6. The predicted octanol–water partition coefficient (Wildman–Crippen LogP) is 2.76. The number of halogens is 2. The lowest BCUT2D eigenvalue weighted by atomic mass is 10.2. The van der Waals surface area contributed by atoms with Crippen molar-refractivity contribution in [3.05, 3.63) is 73.9 Å². The molecule has 1 atom stereocenters. The van der Waals surface area contributed by atoms with Crippen LogP contribution in [0.1, 0.15) is 12.6 Å². The number of carbonyl (C=O) groups is 1. The molecule has 3 rings (SSSR count). The number of carbonyl (C=O) groups excluding carboxylic acids is 1. The van der Waals surface area contributed by atoms with Crippen molar-refractivity contribution in [2.75, 3.05) is 7.11 Å². The predicted molar refractivity (Wildman–Crippen MR) is 113 cm³/mol. The zero-order valence-corrected chi connectivity index (χ0v) is 18.3. The molecule has 11 heteroatoms. The average molecular weight is 464 g/mol. The van der Waals surface area contributed by atoms with Gasteiger partial charge >= 0.3 is 11.7 Å². The maximum Gasteiger partial charge on any atom is 0.346 e. The van der Waals surface area contributed by atoms with Gasteiger partial charge in [0.1, 0.15) is 11.6 Å². The minimum atomic E-state index is -0.981. The Balaban J connectivity index is 2.07. The summed E-state index contributed by atoms with van der Waals surface area (Å²) in [6.07, 6.45) is 0.435. The van der Waals surface area contributed by atoms with E-state index in [4.69, 9.17) is 21.1 Å². The van der Waals surface area contributed by atoms with Gasteiger partial charge in [-0.25, -0.2) is 23.5 Å². The molecule has 2 heterocycles. The van der Waals surface area contributed by atoms with E-state index in [2.05, 4.69) is 9.72 Å². The Bertz CT molecular complexity index is 1300. The molecule has 0 spiro atoms. The average Bonchev–Trinajstić information content (AvgIpc) is 2.75. The maximum atomic E-state index is 14.7. The number of hydrogen-bond donors (Lipinski definition) is 0. The quantitative estimate of drug-likeness (QED) is 0.518. The number of aryl methyl sites for hydroxylation is 1. The minimum absolute atomic E-state index is 0.0456. The van der Waals surface area contributed by atoms with Gasteiger partial charge in [0.2, 0.25) is 0 Å². The number of benzene rings is 1. The van der Waals surface area contributed by atoms with Crippen LogP contribution in [-0.2, 0) is 16.6 Å². The number of ether oxygens (including phenoxy) is 3. The molecule has 9 nitrogen and oxygen atoms in total. The summed E-state index contributed by atoms with van der Waals surface area (Å²) in [6.45, 7) is 3.05. The van der Waals surface area contributed by atoms with Crippen LogP contribution >= 0.6 is 11.6 Å². The van der Waals surface area contributed by atoms with Crippen LogP contribution in [0.2, 0.25) is 5.02 Å². The van der Waals surface area contributed by atoms with E-state index < -0.39 is 29.1 Å². The highest BCUT2D eigenvalue weighted by atomic mass is 35.5. The van der Waals surface area contributed by atoms with Crippen LogP contribution in [0.5, 0.6) is 17.4 Å². The summed E-state index contributed by atoms with van der Waals surface area (Å²) in [7, 11) is 2.68. The first-order chi connectivity index (χ1) is 15.1. The number of nitrogens with zero attached hydrogens (tertiary/aromatic N) is 3. The Morgan fingerprint density at radius 3 is 2.62 bits per heavy atom. The fourth-order valence-electron chi connectivity index (χ4n) is 2.77. The lowest BCUT2D eigenvalue weighted by molar-refractivity contribution is -0.148. The molecule has 0 aliphatic rings. The highest BCUT2D eigenvalue weighted by Crippen LogP contribution is 2.36. The van der Waals surface area contributed by atoms with Crippen molar-refractivity contribution >= 4 is 17.6 Å². The molecule has 0 aliphatic carbocycles. The largest absolute Gasteiger partial charge is 0.466 e. The third kappa shape index (κ3) is 4.50. The summed E-state index contributed by atoms with van der Waals surface area (Å²) in [6, 6.07) is 6.28. The van der Waals surface area contributed by atoms with Crippen LogP contribution in [0, 0.1) is 12.7 Å². The molecule has 0 aliphatic heterocycles. The number of pyridine rings is 1. The Labute approximate surface area is 186 Å². The highest BCUT2D eigenvalue weighted by molar-refractivity contribution is 6.32. The second-order valence-corrected chi connectivity index (χ2v) is 7.13. The van der Waals surface area contributed by atoms with Gasteiger partial charge in [0.05, 0.1) is 17.8 Å². The number of rotatable bonds is 6. The molecule has 3 aromatic rings. The highest BCUT2D eigenvalue weighted by Gasteiger charge is 2.21. The normalized spacial score (nSPS) is 11.7. The van der Waals surface area contributed by atoms with E-state index >= 15 is 0 Å². The van der Waals surface area contributed by atoms with E-state index in [1.54, 1.807) is 13.0 Å². The van der Waals surface area contributed by atoms with E-state index in [-0.39, 0.29) is 28.1 Å². The molecule has 168 valence electrons. The summed E-state index contributed by atoms with van der Waals surface area (Å²) in [5.41, 5.74) is -1.38. The van der Waals surface area contributed by atoms with Crippen molar-refractivity contribution in [2.45, 2.75) is 20.0 Å². The van der Waals surface area contributed by atoms with E-state index in [1.165, 1.54) is 44.0 Å². The van der Waals surface area contributed by atoms with Gasteiger partial charge in [-0.05, 0) is 32.0 Å². The molecule has 1 aromatic carbocycles. The SMILES string of the molecule is COC(=O)C(C)Oc1ncccc1Oc1cc(-n2c(=O)cc(C)n(C)c2=O)c(F)cc1Cl. The van der Waals surface area contributed by atoms with Gasteiger partial charge < -0.3 is 18.8 Å². The maximum absolute atomic E-state index is 14.7. The van der Waals surface area contributed by atoms with Gasteiger partial charge in [0, 0.05) is 31.1 Å². The first-order valence-electron chi connectivity index (χ1n) is 9.30. The van der Waals surface area contributed by atoms with Gasteiger partial charge in [0.25, 0.3) is 11.4 Å². The first-order valence-corrected chi connectivity index (χ1v) is 9.68. The molecule has 0 amide bonds. The molecule has 0 N–H and O–H groups in total. The lowest BCUT2D eigenvalue weighted by Crippen LogP contribution is -2.38. The van der Waals surface area contributed by atoms with Crippen LogP contribution in [-0.4, -0.2) is 33.3 Å². The molecular weight excluding hydrogens is 445 g/mol. The molecule has 0 bridgehead atoms. The summed E-state index contributed by atoms with van der Waals surface area (Å²) >= 11 is 6.13. The van der Waals surface area contributed by atoms with Crippen molar-refractivity contribution in [3.8, 4) is 23.1 Å². The van der Waals surface area contributed by atoms with Gasteiger partial charge in [-0.1, -0.05) is 11.6 Å². The number of methoxy groups -OCH3 is 1. The van der Waals surface area contributed by atoms with Crippen molar-refractivity contribution in [3.63, 3.8) is 0 Å². The molecule has 1 unspecified atom stereocenters. The second-order valence-electron chi connectivity index (χ2n) is 6.73. The Morgan fingerprint density at radius 1 is 1.22 bits per heavy atom. The van der Waals surface area contributed by atoms with E-state index in [1.807, 2.05) is 0 Å². The standard InChI is InChI=1S/C21H19ClFN3O6/c1-11-8-18(27)26(21(29)25(11)3)15-10-17(13(22)9-14(15)23)32-16-6-5-7-24-19(16)31-12(2)20(28)30-4/h5-10,12H,1-4H3. The minimum Gasteiger partial charge on any atom is -0.466 e. The third-order valence-corrected chi connectivity index (χ3v) is 4.88. The van der Waals surface area contributed by atoms with Gasteiger partial charge in [-0.15, -0.1) is 0 Å². The smallest absolute Gasteiger partial charge is 0.346 e. The van der Waals surface area contributed by atoms with Crippen LogP contribution in [0.15, 0.2) is 46.1 Å². The first kappa shape index (κ1) is 23.0. The van der Waals surface area contributed by atoms with Gasteiger partial charge in [-0.3, -0.25) is 4.79 Å². The molecule has 0 saturated carbocycles. The molecule has 0 saturated heterocycles. The van der Waals surface area contributed by atoms with E-state index in [0.29, 0.717) is 10.3 Å². The van der Waals surface area contributed by atoms with E-state index in [0.717, 1.165) is 12.1 Å². The Hall–Kier alpha value is -3.66. The molecule has 0 fully saturated rings. The van der Waals surface area contributed by atoms with Crippen molar-refractivity contribution in [2.24, 2.45) is 7.05 Å². The summed E-state index contributed by atoms with van der Waals surface area (Å²) in [4.78, 5) is 40.7. The Morgan fingerprint density at radius 2 is 1.94 bits per heavy atom. The monoisotopic (exact) mass is 463 g/mol. The zero-order valence-electron chi connectivity index (χ0n) is 17.6. The molecule has 32 heavy (non-hydrogen) atoms. The van der Waals surface area contributed by atoms with Crippen LogP contribution < -0.4 is 20.7 Å². The Kier molecular flexibility index (Phi) is 6.64. The topological polar surface area (TPSA) is 102 Å². The van der Waals surface area contributed by atoms with Crippen molar-refractivity contribution < 1.29 is 23.4 Å². The van der Waals surface area contributed by atoms with E-state index in [9.17, 15) is 18.8 Å². The summed E-state index contributed by atoms with van der Waals surface area (Å²) in [5.74, 6) is -1.57. The second kappa shape index (κ2) is 9.23. The van der Waals surface area contributed by atoms with Gasteiger partial charge in [-0.2, -0.15) is 0 Å². The number of aromatic nitrogens is 3. The molecule has 0 radical (unpaired) electrons. The third-order valence-electron chi connectivity index (χ3n) is 4.58. The van der Waals surface area contributed by atoms with Crippen molar-refractivity contribution in [1.29, 1.82) is 0 Å². The van der Waals surface area contributed by atoms with Gasteiger partial charge in [0.15, 0.2) is 11.9 Å². The van der Waals surface area contributed by atoms with Crippen molar-refractivity contribution in [1.82, 2.24) is 14.1 Å². The fraction of sp³-hybridized carbons (Fsp3) is 0.238. The van der Waals surface area contributed by atoms with Crippen LogP contribution in [0.25, 0.3) is 5.69 Å². The fourth-order valence-corrected chi connectivity index (χ4v) is 2.96. The lowest BCUT2D eigenvalue weighted by Gasteiger charge is -2.16. The van der Waals surface area contributed by atoms with Crippen LogP contribution in [0.4, 0.5) is 4.39 Å². The number of esters is 1. The molecule has 2 aromatic heterocycles.